The van der Waals surface area contributed by atoms with Gasteiger partial charge in [-0.1, -0.05) is 35.9 Å². The molecule has 0 aromatic heterocycles. The number of rotatable bonds is 5. The van der Waals surface area contributed by atoms with Gasteiger partial charge in [-0.05, 0) is 43.2 Å². The summed E-state index contributed by atoms with van der Waals surface area (Å²) < 4.78 is 5.79. The third-order valence-electron chi connectivity index (χ3n) is 4.51. The highest BCUT2D eigenvalue weighted by Gasteiger charge is 2.21. The molecule has 5 heteroatoms. The maximum atomic E-state index is 8.92. The molecule has 0 saturated carbocycles. The Hall–Kier alpha value is -2.06. The van der Waals surface area contributed by atoms with Crippen LogP contribution in [0.5, 0.6) is 0 Å². The Morgan fingerprint density at radius 1 is 1.12 bits per heavy atom. The lowest BCUT2D eigenvalue weighted by Crippen LogP contribution is -2.44. The van der Waals surface area contributed by atoms with Crippen LogP contribution in [0.3, 0.4) is 0 Å². The van der Waals surface area contributed by atoms with E-state index in [1.165, 1.54) is 11.1 Å². The number of nitrogens with one attached hydrogen (secondary N) is 1. The van der Waals surface area contributed by atoms with Gasteiger partial charge in [0.2, 0.25) is 0 Å². The molecule has 1 N–H and O–H groups in total. The van der Waals surface area contributed by atoms with Gasteiger partial charge in [-0.25, -0.2) is 0 Å². The smallest absolute Gasteiger partial charge is 0.101 e. The Labute approximate surface area is 160 Å². The van der Waals surface area contributed by atoms with Gasteiger partial charge in [-0.3, -0.25) is 4.90 Å². The fourth-order valence-electron chi connectivity index (χ4n) is 3.35. The van der Waals surface area contributed by atoms with Gasteiger partial charge in [0.05, 0.1) is 22.8 Å². The van der Waals surface area contributed by atoms with Crippen LogP contribution in [0.25, 0.3) is 0 Å². The lowest BCUT2D eigenvalue weighted by Gasteiger charge is -2.35. The minimum atomic E-state index is 0.293. The zero-order valence-electron chi connectivity index (χ0n) is 15.2. The van der Waals surface area contributed by atoms with Crippen molar-refractivity contribution in [2.24, 2.45) is 0 Å². The van der Waals surface area contributed by atoms with Gasteiger partial charge in [-0.15, -0.1) is 0 Å². The minimum absolute atomic E-state index is 0.293. The third kappa shape index (κ3) is 4.98. The fraction of sp³-hybridized carbons (Fsp3) is 0.381. The molecular formula is C21H24ClN3O. The van der Waals surface area contributed by atoms with Crippen LogP contribution in [0.15, 0.2) is 42.5 Å². The van der Waals surface area contributed by atoms with E-state index in [9.17, 15) is 0 Å². The Kier molecular flexibility index (Phi) is 6.16. The lowest BCUT2D eigenvalue weighted by molar-refractivity contribution is -0.0704. The van der Waals surface area contributed by atoms with Crippen LogP contribution < -0.4 is 5.32 Å². The molecule has 0 radical (unpaired) electrons. The molecule has 1 aliphatic heterocycles. The van der Waals surface area contributed by atoms with Gasteiger partial charge < -0.3 is 10.1 Å². The summed E-state index contributed by atoms with van der Waals surface area (Å²) in [6.45, 7) is 7.89. The average molecular weight is 370 g/mol. The SMILES string of the molecule is CC1CN(Cc2ccc(CNc3ccc(C#N)c(Cl)c3)cc2)CC(C)O1. The molecule has 0 aliphatic carbocycles. The van der Waals surface area contributed by atoms with Crippen LogP contribution in [-0.4, -0.2) is 30.2 Å². The molecule has 0 bridgehead atoms. The van der Waals surface area contributed by atoms with Crippen LogP contribution in [0.4, 0.5) is 5.69 Å². The van der Waals surface area contributed by atoms with Gasteiger partial charge in [-0.2, -0.15) is 5.26 Å². The second-order valence-corrected chi connectivity index (χ2v) is 7.34. The Bertz CT molecular complexity index is 775. The normalized spacial score (nSPS) is 20.5. The number of ether oxygens (including phenoxy) is 1. The van der Waals surface area contributed by atoms with Gasteiger partial charge in [0.25, 0.3) is 0 Å². The largest absolute Gasteiger partial charge is 0.381 e. The van der Waals surface area contributed by atoms with Crippen molar-refractivity contribution >= 4 is 17.3 Å². The molecule has 2 atom stereocenters. The summed E-state index contributed by atoms with van der Waals surface area (Å²) in [5.74, 6) is 0. The van der Waals surface area contributed by atoms with Crippen molar-refractivity contribution in [3.8, 4) is 6.07 Å². The first kappa shape index (κ1) is 18.7. The van der Waals surface area contributed by atoms with E-state index < -0.39 is 0 Å². The molecule has 1 aliphatic rings. The number of morpholine rings is 1. The van der Waals surface area contributed by atoms with Crippen LogP contribution >= 0.6 is 11.6 Å². The zero-order valence-corrected chi connectivity index (χ0v) is 16.0. The zero-order chi connectivity index (χ0) is 18.5. The highest BCUT2D eigenvalue weighted by atomic mass is 35.5. The molecule has 136 valence electrons. The molecule has 1 heterocycles. The first-order valence-corrected chi connectivity index (χ1v) is 9.30. The lowest BCUT2D eigenvalue weighted by atomic mass is 10.1. The Morgan fingerprint density at radius 3 is 2.38 bits per heavy atom. The number of nitrogens with zero attached hydrogens (tertiary/aromatic N) is 2. The molecule has 1 fully saturated rings. The van der Waals surface area contributed by atoms with E-state index in [4.69, 9.17) is 21.6 Å². The minimum Gasteiger partial charge on any atom is -0.381 e. The van der Waals surface area contributed by atoms with E-state index in [1.807, 2.05) is 6.07 Å². The first-order valence-electron chi connectivity index (χ1n) is 8.92. The van der Waals surface area contributed by atoms with E-state index in [0.29, 0.717) is 29.3 Å². The van der Waals surface area contributed by atoms with Crippen LogP contribution in [0.1, 0.15) is 30.5 Å². The van der Waals surface area contributed by atoms with Crippen LogP contribution in [0, 0.1) is 11.3 Å². The molecule has 2 aromatic rings. The highest BCUT2D eigenvalue weighted by molar-refractivity contribution is 6.32. The number of anilines is 1. The highest BCUT2D eigenvalue weighted by Crippen LogP contribution is 2.21. The summed E-state index contributed by atoms with van der Waals surface area (Å²) >= 11 is 6.07. The van der Waals surface area contributed by atoms with Crippen molar-refractivity contribution in [3.63, 3.8) is 0 Å². The molecule has 1 saturated heterocycles. The van der Waals surface area contributed by atoms with E-state index in [0.717, 1.165) is 25.3 Å². The number of benzene rings is 2. The van der Waals surface area contributed by atoms with Crippen molar-refractivity contribution < 1.29 is 4.74 Å². The van der Waals surface area contributed by atoms with Gasteiger partial charge in [0, 0.05) is 31.9 Å². The van der Waals surface area contributed by atoms with Crippen LogP contribution in [0.2, 0.25) is 5.02 Å². The summed E-state index contributed by atoms with van der Waals surface area (Å²) in [5, 5.41) is 12.7. The third-order valence-corrected chi connectivity index (χ3v) is 4.82. The topological polar surface area (TPSA) is 48.3 Å². The van der Waals surface area contributed by atoms with Crippen LogP contribution in [-0.2, 0) is 17.8 Å². The predicted molar refractivity (Wildman–Crippen MR) is 105 cm³/mol. The van der Waals surface area contributed by atoms with E-state index >= 15 is 0 Å². The van der Waals surface area contributed by atoms with Gasteiger partial charge in [0.15, 0.2) is 0 Å². The van der Waals surface area contributed by atoms with Crippen molar-refractivity contribution in [2.45, 2.75) is 39.1 Å². The summed E-state index contributed by atoms with van der Waals surface area (Å²) in [4.78, 5) is 2.45. The molecule has 26 heavy (non-hydrogen) atoms. The van der Waals surface area contributed by atoms with Crippen molar-refractivity contribution in [3.05, 3.63) is 64.2 Å². The maximum Gasteiger partial charge on any atom is 0.101 e. The van der Waals surface area contributed by atoms with Gasteiger partial charge in [0.1, 0.15) is 6.07 Å². The van der Waals surface area contributed by atoms with Crippen molar-refractivity contribution in [1.29, 1.82) is 5.26 Å². The number of nitriles is 1. The first-order chi connectivity index (χ1) is 12.5. The number of hydrogen-bond acceptors (Lipinski definition) is 4. The predicted octanol–water partition coefficient (Wildman–Crippen LogP) is 4.43. The summed E-state index contributed by atoms with van der Waals surface area (Å²) in [6.07, 6.45) is 0.586. The molecular weight excluding hydrogens is 346 g/mol. The average Bonchev–Trinajstić information content (AvgIpc) is 2.60. The second-order valence-electron chi connectivity index (χ2n) is 6.93. The van der Waals surface area contributed by atoms with Gasteiger partial charge >= 0.3 is 0 Å². The standard InChI is InChI=1S/C21H24ClN3O/c1-15-12-25(13-16(2)26-15)14-18-5-3-17(4-6-18)11-24-20-8-7-19(10-23)21(22)9-20/h3-9,15-16,24H,11-14H2,1-2H3. The molecule has 2 aromatic carbocycles. The molecule has 0 amide bonds. The van der Waals surface area contributed by atoms with Crippen molar-refractivity contribution in [1.82, 2.24) is 4.90 Å². The second kappa shape index (κ2) is 8.55. The number of hydrogen-bond donors (Lipinski definition) is 1. The summed E-state index contributed by atoms with van der Waals surface area (Å²) in [5.41, 5.74) is 3.93. The Balaban J connectivity index is 1.54. The summed E-state index contributed by atoms with van der Waals surface area (Å²) in [7, 11) is 0. The Morgan fingerprint density at radius 2 is 1.77 bits per heavy atom. The molecule has 2 unspecified atom stereocenters. The van der Waals surface area contributed by atoms with E-state index in [1.54, 1.807) is 12.1 Å². The molecule has 3 rings (SSSR count). The molecule has 4 nitrogen and oxygen atoms in total. The monoisotopic (exact) mass is 369 g/mol. The maximum absolute atomic E-state index is 8.92. The van der Waals surface area contributed by atoms with Crippen molar-refractivity contribution in [2.75, 3.05) is 18.4 Å². The van der Waals surface area contributed by atoms with E-state index in [-0.39, 0.29) is 0 Å². The van der Waals surface area contributed by atoms with E-state index in [2.05, 4.69) is 54.4 Å². The summed E-state index contributed by atoms with van der Waals surface area (Å²) in [6, 6.07) is 16.1. The quantitative estimate of drug-likeness (QED) is 0.846. The fourth-order valence-corrected chi connectivity index (χ4v) is 3.58. The molecule has 0 spiro atoms. The number of halogens is 1.